The Labute approximate surface area is 223 Å². The van der Waals surface area contributed by atoms with Gasteiger partial charge in [0.05, 0.1) is 45.1 Å². The normalized spacial score (nSPS) is 16.6. The summed E-state index contributed by atoms with van der Waals surface area (Å²) in [7, 11) is 1.57. The zero-order valence-electron chi connectivity index (χ0n) is 19.5. The van der Waals surface area contributed by atoms with Crippen LogP contribution in [0.2, 0.25) is 5.02 Å². The predicted molar refractivity (Wildman–Crippen MR) is 139 cm³/mol. The molecular weight excluding hydrogens is 572 g/mol. The van der Waals surface area contributed by atoms with Gasteiger partial charge in [-0.05, 0) is 65.2 Å². The van der Waals surface area contributed by atoms with Crippen molar-refractivity contribution in [2.24, 2.45) is 4.99 Å². The maximum atomic E-state index is 13.8. The van der Waals surface area contributed by atoms with Crippen molar-refractivity contribution in [3.8, 4) is 17.2 Å². The second-order valence-corrected chi connectivity index (χ2v) is 10.2. The molecule has 3 aromatic rings. The van der Waals surface area contributed by atoms with Crippen molar-refractivity contribution in [2.75, 3.05) is 20.5 Å². The number of ether oxygens (including phenoxy) is 4. The summed E-state index contributed by atoms with van der Waals surface area (Å²) >= 11 is 11.2. The minimum Gasteiger partial charge on any atom is -0.496 e. The van der Waals surface area contributed by atoms with Crippen molar-refractivity contribution < 1.29 is 23.7 Å². The minimum atomic E-state index is -0.739. The van der Waals surface area contributed by atoms with E-state index < -0.39 is 12.0 Å². The highest BCUT2D eigenvalue weighted by Gasteiger charge is 2.33. The van der Waals surface area contributed by atoms with Crippen molar-refractivity contribution in [3.63, 3.8) is 0 Å². The van der Waals surface area contributed by atoms with Crippen LogP contribution in [0.1, 0.15) is 31.0 Å². The number of thiazole rings is 1. The highest BCUT2D eigenvalue weighted by molar-refractivity contribution is 9.10. The molecule has 1 aromatic heterocycles. The van der Waals surface area contributed by atoms with Crippen LogP contribution in [0.25, 0.3) is 6.08 Å². The molecule has 0 amide bonds. The molecule has 1 atom stereocenters. The molecule has 8 nitrogen and oxygen atoms in total. The number of carbonyl (C=O) groups is 1. The number of rotatable bonds is 5. The lowest BCUT2D eigenvalue weighted by Crippen LogP contribution is -2.40. The van der Waals surface area contributed by atoms with E-state index in [0.29, 0.717) is 58.5 Å². The first-order chi connectivity index (χ1) is 17.3. The van der Waals surface area contributed by atoms with Gasteiger partial charge in [-0.3, -0.25) is 9.36 Å². The smallest absolute Gasteiger partial charge is 0.338 e. The lowest BCUT2D eigenvalue weighted by atomic mass is 9.96. The summed E-state index contributed by atoms with van der Waals surface area (Å²) in [5.74, 6) is 1.21. The highest BCUT2D eigenvalue weighted by Crippen LogP contribution is 2.37. The highest BCUT2D eigenvalue weighted by atomic mass is 79.9. The maximum Gasteiger partial charge on any atom is 0.338 e. The average molecular weight is 592 g/mol. The van der Waals surface area contributed by atoms with Gasteiger partial charge in [0.15, 0.2) is 16.3 Å². The Morgan fingerprint density at radius 2 is 2.06 bits per heavy atom. The molecule has 3 heterocycles. The number of carbonyl (C=O) groups excluding carboxylic acids is 1. The minimum absolute atomic E-state index is 0.116. The average Bonchev–Trinajstić information content (AvgIpc) is 3.42. The van der Waals surface area contributed by atoms with Gasteiger partial charge in [0, 0.05) is 6.07 Å². The largest absolute Gasteiger partial charge is 0.496 e. The molecule has 186 valence electrons. The molecule has 0 saturated heterocycles. The van der Waals surface area contributed by atoms with Crippen LogP contribution in [0.3, 0.4) is 0 Å². The van der Waals surface area contributed by atoms with E-state index in [4.69, 9.17) is 30.5 Å². The van der Waals surface area contributed by atoms with Crippen LogP contribution in [0.15, 0.2) is 55.9 Å². The first-order valence-corrected chi connectivity index (χ1v) is 12.9. The second kappa shape index (κ2) is 9.76. The Morgan fingerprint density at radius 1 is 1.31 bits per heavy atom. The molecule has 2 aliphatic heterocycles. The van der Waals surface area contributed by atoms with Gasteiger partial charge in [-0.15, -0.1) is 0 Å². The molecule has 2 aliphatic rings. The third-order valence-corrected chi connectivity index (χ3v) is 7.72. The molecule has 2 aromatic carbocycles. The Hall–Kier alpha value is -3.08. The number of aromatic nitrogens is 1. The van der Waals surface area contributed by atoms with Crippen LogP contribution in [-0.2, 0) is 9.53 Å². The fourth-order valence-corrected chi connectivity index (χ4v) is 5.95. The Kier molecular flexibility index (Phi) is 6.67. The van der Waals surface area contributed by atoms with Crippen LogP contribution in [-0.4, -0.2) is 31.0 Å². The van der Waals surface area contributed by atoms with E-state index in [0.717, 1.165) is 0 Å². The quantitative estimate of drug-likeness (QED) is 0.418. The van der Waals surface area contributed by atoms with Crippen molar-refractivity contribution in [1.82, 2.24) is 4.57 Å². The van der Waals surface area contributed by atoms with E-state index in [-0.39, 0.29) is 19.0 Å². The predicted octanol–water partition coefficient (Wildman–Crippen LogP) is 3.95. The first kappa shape index (κ1) is 24.6. The summed E-state index contributed by atoms with van der Waals surface area (Å²) in [5, 5.41) is 0.420. The van der Waals surface area contributed by atoms with Crippen molar-refractivity contribution in [1.29, 1.82) is 0 Å². The van der Waals surface area contributed by atoms with E-state index in [2.05, 4.69) is 20.9 Å². The van der Waals surface area contributed by atoms with Gasteiger partial charge in [-0.25, -0.2) is 9.79 Å². The van der Waals surface area contributed by atoms with Crippen LogP contribution in [0, 0.1) is 0 Å². The van der Waals surface area contributed by atoms with E-state index in [1.165, 1.54) is 15.9 Å². The van der Waals surface area contributed by atoms with E-state index in [1.54, 1.807) is 45.2 Å². The summed E-state index contributed by atoms with van der Waals surface area (Å²) in [6.07, 6.45) is 1.69. The molecule has 5 rings (SSSR count). The topological polar surface area (TPSA) is 88.4 Å². The molecule has 36 heavy (non-hydrogen) atoms. The molecule has 0 unspecified atom stereocenters. The molecule has 11 heteroatoms. The Morgan fingerprint density at radius 3 is 2.75 bits per heavy atom. The first-order valence-electron chi connectivity index (χ1n) is 10.9. The number of nitrogens with zero attached hydrogens (tertiary/aromatic N) is 2. The maximum absolute atomic E-state index is 13.8. The van der Waals surface area contributed by atoms with Crippen molar-refractivity contribution in [2.45, 2.75) is 19.9 Å². The van der Waals surface area contributed by atoms with Crippen LogP contribution >= 0.6 is 38.9 Å². The molecule has 0 bridgehead atoms. The van der Waals surface area contributed by atoms with Gasteiger partial charge in [0.1, 0.15) is 5.75 Å². The van der Waals surface area contributed by atoms with Crippen LogP contribution < -0.4 is 29.1 Å². The number of hydrogen-bond donors (Lipinski definition) is 0. The Bertz CT molecular complexity index is 1610. The van der Waals surface area contributed by atoms with E-state index in [9.17, 15) is 9.59 Å². The van der Waals surface area contributed by atoms with Gasteiger partial charge >= 0.3 is 5.97 Å². The third-order valence-electron chi connectivity index (χ3n) is 5.79. The summed E-state index contributed by atoms with van der Waals surface area (Å²) in [6.45, 7) is 3.78. The van der Waals surface area contributed by atoms with Gasteiger partial charge < -0.3 is 18.9 Å². The number of halogens is 2. The number of allylic oxidation sites excluding steroid dienone is 1. The Balaban J connectivity index is 1.72. The number of methoxy groups -OCH3 is 1. The zero-order chi connectivity index (χ0) is 25.6. The van der Waals surface area contributed by atoms with Gasteiger partial charge in [-0.2, -0.15) is 0 Å². The van der Waals surface area contributed by atoms with E-state index in [1.807, 2.05) is 12.1 Å². The van der Waals surface area contributed by atoms with Gasteiger partial charge in [0.25, 0.3) is 5.56 Å². The molecular formula is C25H20BrClN2O6S. The summed E-state index contributed by atoms with van der Waals surface area (Å²) < 4.78 is 24.1. The zero-order valence-corrected chi connectivity index (χ0v) is 22.6. The number of fused-ring (bicyclic) bond motifs is 2. The van der Waals surface area contributed by atoms with Gasteiger partial charge in [0.2, 0.25) is 6.79 Å². The standard InChI is InChI=1S/C25H20BrClN2O6S/c1-4-33-24(31)21-12(2)28-25-29(22(21)13-5-6-17(32-3)15(26)7-13)23(30)20(36-25)9-14-8-18-19(10-16(14)27)35-11-34-18/h5-10,22H,4,11H2,1-3H3/b20-9+/t22-/m0/s1. The SMILES string of the molecule is CCOC(=O)C1=C(C)N=c2s/c(=C/c3cc4c(cc3Cl)OCO4)c(=O)n2[C@H]1c1ccc(OC)c(Br)c1. The van der Waals surface area contributed by atoms with Gasteiger partial charge in [-0.1, -0.05) is 29.0 Å². The lowest BCUT2D eigenvalue weighted by Gasteiger charge is -2.25. The molecule has 0 radical (unpaired) electrons. The number of benzene rings is 2. The third kappa shape index (κ3) is 4.23. The summed E-state index contributed by atoms with van der Waals surface area (Å²) in [5.41, 5.74) is 1.79. The molecule has 0 fully saturated rings. The molecule has 0 spiro atoms. The lowest BCUT2D eigenvalue weighted by molar-refractivity contribution is -0.139. The molecule has 0 saturated carbocycles. The van der Waals surface area contributed by atoms with Crippen molar-refractivity contribution >= 4 is 50.9 Å². The molecule has 0 aliphatic carbocycles. The fraction of sp³-hybridized carbons (Fsp3) is 0.240. The monoisotopic (exact) mass is 590 g/mol. The van der Waals surface area contributed by atoms with E-state index >= 15 is 0 Å². The summed E-state index contributed by atoms with van der Waals surface area (Å²) in [4.78, 5) is 31.8. The van der Waals surface area contributed by atoms with Crippen LogP contribution in [0.4, 0.5) is 0 Å². The summed E-state index contributed by atoms with van der Waals surface area (Å²) in [6, 6.07) is 8.08. The number of esters is 1. The molecule has 0 N–H and O–H groups in total. The second-order valence-electron chi connectivity index (χ2n) is 7.92. The van der Waals surface area contributed by atoms with Crippen molar-refractivity contribution in [3.05, 3.63) is 81.9 Å². The van der Waals surface area contributed by atoms with Crippen LogP contribution in [0.5, 0.6) is 17.2 Å². The number of hydrogen-bond acceptors (Lipinski definition) is 8. The fourth-order valence-electron chi connectivity index (χ4n) is 4.14.